The molecule has 0 bridgehead atoms. The minimum Gasteiger partial charge on any atom is -0.497 e. The van der Waals surface area contributed by atoms with Crippen molar-refractivity contribution in [1.82, 2.24) is 9.80 Å². The third kappa shape index (κ3) is 12.4. The molecule has 3 aliphatic heterocycles. The van der Waals surface area contributed by atoms with Gasteiger partial charge in [0.05, 0.1) is 61.6 Å². The summed E-state index contributed by atoms with van der Waals surface area (Å²) in [5.74, 6) is -2.40. The minimum atomic E-state index is -1.82. The van der Waals surface area contributed by atoms with Crippen molar-refractivity contribution >= 4 is 11.9 Å². The summed E-state index contributed by atoms with van der Waals surface area (Å²) >= 11 is 0. The maximum atomic E-state index is 14.4. The molecule has 0 aromatic heterocycles. The number of nitrogens with zero attached hydrogens (tertiary/aromatic N) is 2. The lowest BCUT2D eigenvalue weighted by atomic mass is 9.79. The second-order valence-electron chi connectivity index (χ2n) is 18.6. The molecule has 3 fully saturated rings. The zero-order valence-electron chi connectivity index (χ0n) is 38.7. The van der Waals surface area contributed by atoms with Gasteiger partial charge in [-0.05, 0) is 113 Å². The first kappa shape index (κ1) is 51.2. The van der Waals surface area contributed by atoms with E-state index in [1.807, 2.05) is 44.8 Å². The van der Waals surface area contributed by atoms with Crippen LogP contribution in [0.4, 0.5) is 0 Å². The van der Waals surface area contributed by atoms with Crippen molar-refractivity contribution in [3.8, 4) is 5.75 Å². The van der Waals surface area contributed by atoms with Gasteiger partial charge in [0.25, 0.3) is 0 Å². The standard InChI is InChI=1S/C45H76N2O14/c1-14-34-45(8,53)39(50)29(5)47(11)21-15-20-43(6,52)40(27(3)37(28(4)41(51)58-34)60-36-24-44(7,55-13)33(48)25-56-36)61-42-38(32(46(9)10)22-26(2)57-42)59-35(49)23-30-16-18-31(54-12)19-17-30/h16-19,26-29,32-34,36-40,42,48,50,52-53H,14-15,20-25H2,1-13H3/t26-,27+,28-,29-,32+,33+,34-,36+,37+,38-,39-,40-,42+,43-,44-,45-/m1/s1. The first-order chi connectivity index (χ1) is 28.5. The highest BCUT2D eigenvalue weighted by atomic mass is 16.7. The van der Waals surface area contributed by atoms with Gasteiger partial charge in [-0.3, -0.25) is 9.59 Å². The van der Waals surface area contributed by atoms with E-state index in [0.29, 0.717) is 25.1 Å². The third-order valence-electron chi connectivity index (χ3n) is 13.5. The Hall–Kier alpha value is -2.48. The Bertz CT molecular complexity index is 1550. The normalized spacial score (nSPS) is 41.3. The quantitative estimate of drug-likeness (QED) is 0.237. The van der Waals surface area contributed by atoms with Crippen LogP contribution >= 0.6 is 0 Å². The summed E-state index contributed by atoms with van der Waals surface area (Å²) < 4.78 is 49.5. The Balaban J connectivity index is 1.79. The molecule has 16 nitrogen and oxygen atoms in total. The van der Waals surface area contributed by atoms with Gasteiger partial charge in [0.1, 0.15) is 29.7 Å². The van der Waals surface area contributed by atoms with Crippen molar-refractivity contribution in [3.63, 3.8) is 0 Å². The Morgan fingerprint density at radius 2 is 1.66 bits per heavy atom. The van der Waals surface area contributed by atoms with E-state index >= 15 is 0 Å². The second-order valence-corrected chi connectivity index (χ2v) is 18.6. The number of methoxy groups -OCH3 is 2. The summed E-state index contributed by atoms with van der Waals surface area (Å²) in [6.45, 7) is 14.1. The molecule has 350 valence electrons. The van der Waals surface area contributed by atoms with Gasteiger partial charge < -0.3 is 68.1 Å². The fourth-order valence-corrected chi connectivity index (χ4v) is 9.05. The summed E-state index contributed by atoms with van der Waals surface area (Å²) in [5.41, 5.74) is -3.73. The monoisotopic (exact) mass is 869 g/mol. The van der Waals surface area contributed by atoms with Crippen molar-refractivity contribution in [2.45, 2.75) is 178 Å². The van der Waals surface area contributed by atoms with Crippen molar-refractivity contribution in [2.75, 3.05) is 48.5 Å². The number of likely N-dealkylation sites (N-methyl/N-ethyl adjacent to an activating group) is 2. The molecule has 1 aromatic rings. The largest absolute Gasteiger partial charge is 0.497 e. The SMILES string of the molecule is CC[C@H]1OC(=O)[C@H](C)[C@@H](O[C@H]2C[C@@](C)(OC)[C@@H](O)CO2)[C@H](C)[C@@H](O[C@@H]2O[C@H](C)C[C@H](N(C)C)[C@H]2OC(=O)Cc2ccc(OC)cc2)[C@](C)(O)CCCN(C)[C@H](C)[C@@H](O)[C@]1(C)O. The molecule has 0 spiro atoms. The molecule has 0 saturated carbocycles. The maximum absolute atomic E-state index is 14.4. The molecule has 61 heavy (non-hydrogen) atoms. The van der Waals surface area contributed by atoms with Gasteiger partial charge in [-0.15, -0.1) is 0 Å². The van der Waals surface area contributed by atoms with E-state index in [-0.39, 0.29) is 44.4 Å². The van der Waals surface area contributed by atoms with E-state index in [1.54, 1.807) is 66.0 Å². The number of hydrogen-bond donors (Lipinski definition) is 4. The molecular weight excluding hydrogens is 792 g/mol. The zero-order chi connectivity index (χ0) is 45.6. The molecule has 0 amide bonds. The Morgan fingerprint density at radius 3 is 2.25 bits per heavy atom. The highest BCUT2D eigenvalue weighted by Gasteiger charge is 2.52. The number of rotatable bonds is 11. The van der Waals surface area contributed by atoms with E-state index in [4.69, 9.17) is 37.9 Å². The van der Waals surface area contributed by atoms with Crippen LogP contribution in [-0.4, -0.2) is 175 Å². The summed E-state index contributed by atoms with van der Waals surface area (Å²) in [5, 5.41) is 46.7. The average Bonchev–Trinajstić information content (AvgIpc) is 3.21. The number of esters is 2. The summed E-state index contributed by atoms with van der Waals surface area (Å²) in [7, 11) is 8.69. The molecule has 0 radical (unpaired) electrons. The smallest absolute Gasteiger partial charge is 0.311 e. The molecule has 16 atom stereocenters. The highest BCUT2D eigenvalue weighted by molar-refractivity contribution is 5.73. The zero-order valence-corrected chi connectivity index (χ0v) is 38.7. The highest BCUT2D eigenvalue weighted by Crippen LogP contribution is 2.39. The molecule has 3 aliphatic rings. The number of carbonyl (C=O) groups is 2. The van der Waals surface area contributed by atoms with Crippen LogP contribution < -0.4 is 4.74 Å². The number of aliphatic hydroxyl groups is 4. The van der Waals surface area contributed by atoms with Crippen LogP contribution in [0.15, 0.2) is 24.3 Å². The lowest BCUT2D eigenvalue weighted by molar-refractivity contribution is -0.312. The van der Waals surface area contributed by atoms with Crippen LogP contribution in [0.2, 0.25) is 0 Å². The number of aliphatic hydroxyl groups excluding tert-OH is 2. The number of cyclic esters (lactones) is 1. The van der Waals surface area contributed by atoms with Crippen LogP contribution in [0, 0.1) is 11.8 Å². The first-order valence-corrected chi connectivity index (χ1v) is 21.8. The topological polar surface area (TPSA) is 195 Å². The van der Waals surface area contributed by atoms with Gasteiger partial charge in [0.15, 0.2) is 18.7 Å². The van der Waals surface area contributed by atoms with Gasteiger partial charge in [-0.1, -0.05) is 26.0 Å². The summed E-state index contributed by atoms with van der Waals surface area (Å²) in [6.07, 6.45) is -7.40. The molecule has 0 aliphatic carbocycles. The maximum Gasteiger partial charge on any atom is 0.311 e. The number of ether oxygens (including phenoxy) is 8. The summed E-state index contributed by atoms with van der Waals surface area (Å²) in [4.78, 5) is 31.9. The summed E-state index contributed by atoms with van der Waals surface area (Å²) in [6, 6.07) is 6.27. The van der Waals surface area contributed by atoms with E-state index in [0.717, 1.165) is 5.56 Å². The first-order valence-electron chi connectivity index (χ1n) is 21.8. The van der Waals surface area contributed by atoms with Crippen molar-refractivity contribution in [3.05, 3.63) is 29.8 Å². The van der Waals surface area contributed by atoms with Crippen LogP contribution in [0.1, 0.15) is 93.1 Å². The van der Waals surface area contributed by atoms with E-state index in [1.165, 1.54) is 14.0 Å². The van der Waals surface area contributed by atoms with Crippen molar-refractivity contribution in [1.29, 1.82) is 0 Å². The molecule has 0 unspecified atom stereocenters. The van der Waals surface area contributed by atoms with Gasteiger partial charge in [0.2, 0.25) is 0 Å². The van der Waals surface area contributed by atoms with Crippen LogP contribution in [-0.2, 0) is 49.2 Å². The minimum absolute atomic E-state index is 0.0151. The number of carbonyl (C=O) groups excluding carboxylic acids is 2. The fourth-order valence-electron chi connectivity index (χ4n) is 9.05. The van der Waals surface area contributed by atoms with Gasteiger partial charge >= 0.3 is 11.9 Å². The van der Waals surface area contributed by atoms with E-state index in [9.17, 15) is 30.0 Å². The van der Waals surface area contributed by atoms with E-state index in [2.05, 4.69) is 0 Å². The number of benzene rings is 1. The molecule has 4 rings (SSSR count). The Kier molecular flexibility index (Phi) is 18.0. The van der Waals surface area contributed by atoms with E-state index < -0.39 is 95.8 Å². The average molecular weight is 869 g/mol. The molecule has 16 heteroatoms. The molecule has 3 saturated heterocycles. The molecule has 4 N–H and O–H groups in total. The van der Waals surface area contributed by atoms with Crippen LogP contribution in [0.25, 0.3) is 0 Å². The lowest BCUT2D eigenvalue weighted by Gasteiger charge is -2.48. The Labute approximate surface area is 363 Å². The van der Waals surface area contributed by atoms with Gasteiger partial charge in [-0.25, -0.2) is 0 Å². The second kappa shape index (κ2) is 21.5. The van der Waals surface area contributed by atoms with Gasteiger partial charge in [0, 0.05) is 25.5 Å². The van der Waals surface area contributed by atoms with Gasteiger partial charge in [-0.2, -0.15) is 0 Å². The molecular formula is C45H76N2O14. The molecule has 1 aromatic carbocycles. The van der Waals surface area contributed by atoms with Crippen LogP contribution in [0.3, 0.4) is 0 Å². The fraction of sp³-hybridized carbons (Fsp3) is 0.822. The predicted octanol–water partition coefficient (Wildman–Crippen LogP) is 3.07. The van der Waals surface area contributed by atoms with Crippen molar-refractivity contribution < 1.29 is 67.9 Å². The van der Waals surface area contributed by atoms with Crippen LogP contribution in [0.5, 0.6) is 5.75 Å². The number of hydrogen-bond acceptors (Lipinski definition) is 16. The third-order valence-corrected chi connectivity index (χ3v) is 13.5. The van der Waals surface area contributed by atoms with Crippen molar-refractivity contribution in [2.24, 2.45) is 11.8 Å². The lowest BCUT2D eigenvalue weighted by Crippen LogP contribution is -2.60. The predicted molar refractivity (Wildman–Crippen MR) is 226 cm³/mol. The Morgan fingerprint density at radius 1 is 1.00 bits per heavy atom. The molecule has 3 heterocycles.